The number of amides is 1. The number of piperidine rings is 1. The smallest absolute Gasteiger partial charge is 0.242 e. The van der Waals surface area contributed by atoms with Crippen molar-refractivity contribution in [2.24, 2.45) is 0 Å². The Kier molecular flexibility index (Phi) is 5.23. The highest BCUT2D eigenvalue weighted by molar-refractivity contribution is 5.76. The number of nitrogens with one attached hydrogen (secondary N) is 1. The van der Waals surface area contributed by atoms with Crippen LogP contribution in [0.15, 0.2) is 42.9 Å². The predicted octanol–water partition coefficient (Wildman–Crippen LogP) is 3.38. The lowest BCUT2D eigenvalue weighted by Crippen LogP contribution is -2.41. The number of benzene rings is 1. The third-order valence-corrected chi connectivity index (χ3v) is 5.43. The van der Waals surface area contributed by atoms with Crippen LogP contribution < -0.4 is 0 Å². The van der Waals surface area contributed by atoms with Crippen molar-refractivity contribution >= 4 is 5.91 Å². The first kappa shape index (κ1) is 18.4. The molecule has 7 heteroatoms. The van der Waals surface area contributed by atoms with E-state index in [9.17, 15) is 9.18 Å². The predicted molar refractivity (Wildman–Crippen MR) is 104 cm³/mol. The molecule has 3 heterocycles. The van der Waals surface area contributed by atoms with Crippen molar-refractivity contribution < 1.29 is 9.18 Å². The number of carbonyl (C=O) groups excluding carboxylic acids is 1. The number of hydrogen-bond acceptors (Lipinski definition) is 3. The van der Waals surface area contributed by atoms with Crippen molar-refractivity contribution in [3.05, 3.63) is 60.2 Å². The Morgan fingerprint density at radius 3 is 2.93 bits per heavy atom. The number of likely N-dealkylation sites (tertiary alicyclic amines) is 1. The molecule has 0 spiro atoms. The first-order valence-corrected chi connectivity index (χ1v) is 9.72. The lowest BCUT2D eigenvalue weighted by molar-refractivity contribution is -0.133. The average Bonchev–Trinajstić information content (AvgIpc) is 3.38. The van der Waals surface area contributed by atoms with E-state index in [0.29, 0.717) is 13.1 Å². The summed E-state index contributed by atoms with van der Waals surface area (Å²) in [6.45, 7) is 3.79. The van der Waals surface area contributed by atoms with Crippen molar-refractivity contribution in [2.45, 2.75) is 38.6 Å². The number of imidazole rings is 1. The van der Waals surface area contributed by atoms with Gasteiger partial charge >= 0.3 is 0 Å². The minimum absolute atomic E-state index is 0.111. The van der Waals surface area contributed by atoms with Crippen LogP contribution in [-0.2, 0) is 17.8 Å². The maximum Gasteiger partial charge on any atom is 0.242 e. The van der Waals surface area contributed by atoms with Crippen LogP contribution in [0.4, 0.5) is 4.39 Å². The number of halogens is 1. The molecule has 1 saturated heterocycles. The Hall–Kier alpha value is -2.96. The molecule has 1 N–H and O–H groups in total. The van der Waals surface area contributed by atoms with Crippen molar-refractivity contribution in [1.82, 2.24) is 24.6 Å². The van der Waals surface area contributed by atoms with E-state index in [0.717, 1.165) is 48.5 Å². The normalized spacial score (nSPS) is 17.1. The van der Waals surface area contributed by atoms with Gasteiger partial charge < -0.3 is 9.47 Å². The molecule has 2 aromatic heterocycles. The zero-order valence-corrected chi connectivity index (χ0v) is 15.9. The van der Waals surface area contributed by atoms with Gasteiger partial charge in [0.05, 0.1) is 6.20 Å². The van der Waals surface area contributed by atoms with E-state index in [1.165, 1.54) is 12.1 Å². The molecule has 0 aliphatic carbocycles. The largest absolute Gasteiger partial charge is 0.340 e. The number of aryl methyl sites for hydroxylation is 1. The van der Waals surface area contributed by atoms with Gasteiger partial charge in [0.2, 0.25) is 5.91 Å². The molecule has 0 bridgehead atoms. The molecule has 6 nitrogen and oxygen atoms in total. The highest BCUT2D eigenvalue weighted by atomic mass is 19.1. The highest BCUT2D eigenvalue weighted by Crippen LogP contribution is 2.33. The first-order chi connectivity index (χ1) is 13.7. The monoisotopic (exact) mass is 381 g/mol. The molecule has 28 heavy (non-hydrogen) atoms. The number of nitrogens with zero attached hydrogens (tertiary/aromatic N) is 4. The molecular formula is C21H24FN5O. The summed E-state index contributed by atoms with van der Waals surface area (Å²) in [4.78, 5) is 19.1. The van der Waals surface area contributed by atoms with Gasteiger partial charge in [-0.25, -0.2) is 9.37 Å². The summed E-state index contributed by atoms with van der Waals surface area (Å²) < 4.78 is 15.2. The van der Waals surface area contributed by atoms with E-state index in [4.69, 9.17) is 0 Å². The Morgan fingerprint density at radius 2 is 2.14 bits per heavy atom. The Bertz CT molecular complexity index is 946. The summed E-state index contributed by atoms with van der Waals surface area (Å²) in [7, 11) is 0. The Morgan fingerprint density at radius 1 is 1.32 bits per heavy atom. The van der Waals surface area contributed by atoms with Gasteiger partial charge in [-0.2, -0.15) is 5.10 Å². The van der Waals surface area contributed by atoms with Crippen LogP contribution >= 0.6 is 0 Å². The highest BCUT2D eigenvalue weighted by Gasteiger charge is 2.28. The second kappa shape index (κ2) is 7.96. The van der Waals surface area contributed by atoms with Crippen molar-refractivity contribution in [2.75, 3.05) is 13.1 Å². The average molecular weight is 381 g/mol. The third-order valence-electron chi connectivity index (χ3n) is 5.43. The fraction of sp³-hybridized carbons (Fsp3) is 0.381. The van der Waals surface area contributed by atoms with Crippen LogP contribution in [0.3, 0.4) is 0 Å². The van der Waals surface area contributed by atoms with E-state index >= 15 is 0 Å². The number of H-pyrrole nitrogens is 1. The summed E-state index contributed by atoms with van der Waals surface area (Å²) in [6, 6.07) is 6.44. The zero-order valence-electron chi connectivity index (χ0n) is 15.9. The third kappa shape index (κ3) is 3.69. The van der Waals surface area contributed by atoms with Crippen LogP contribution in [0.5, 0.6) is 0 Å². The zero-order chi connectivity index (χ0) is 19.5. The maximum atomic E-state index is 13.3. The lowest BCUT2D eigenvalue weighted by Gasteiger charge is -2.33. The van der Waals surface area contributed by atoms with Gasteiger partial charge in [-0.1, -0.05) is 19.1 Å². The van der Waals surface area contributed by atoms with Crippen LogP contribution in [0.2, 0.25) is 0 Å². The van der Waals surface area contributed by atoms with E-state index in [1.807, 2.05) is 22.6 Å². The Balaban J connectivity index is 1.49. The standard InChI is InChI=1S/C21H24FN5O/c1-2-19-23-9-11-26(19)14-20(28)27-10-3-4-16(13-27)21-18(12-24-25-21)15-5-7-17(22)8-6-15/h5-9,11-12,16H,2-4,10,13-14H2,1H3,(H,24,25). The van der Waals surface area contributed by atoms with Crippen LogP contribution in [0.25, 0.3) is 11.1 Å². The van der Waals surface area contributed by atoms with Gasteiger partial charge in [0.1, 0.15) is 18.2 Å². The van der Waals surface area contributed by atoms with Crippen LogP contribution in [0, 0.1) is 5.82 Å². The van der Waals surface area contributed by atoms with E-state index < -0.39 is 0 Å². The molecule has 1 amide bonds. The molecule has 1 aliphatic heterocycles. The second-order valence-corrected chi connectivity index (χ2v) is 7.21. The van der Waals surface area contributed by atoms with Gasteiger partial charge in [-0.3, -0.25) is 9.89 Å². The number of carbonyl (C=O) groups is 1. The van der Waals surface area contributed by atoms with Gasteiger partial charge in [0, 0.05) is 49.1 Å². The molecule has 1 fully saturated rings. The van der Waals surface area contributed by atoms with Crippen molar-refractivity contribution in [3.63, 3.8) is 0 Å². The molecule has 1 unspecified atom stereocenters. The number of rotatable bonds is 5. The number of aromatic amines is 1. The number of aromatic nitrogens is 4. The SMILES string of the molecule is CCc1nccn1CC(=O)N1CCCC(c2[nH]ncc2-c2ccc(F)cc2)C1. The summed E-state index contributed by atoms with van der Waals surface area (Å²) in [6.07, 6.45) is 8.12. The Labute approximate surface area is 163 Å². The van der Waals surface area contributed by atoms with Gasteiger partial charge in [-0.15, -0.1) is 0 Å². The summed E-state index contributed by atoms with van der Waals surface area (Å²) in [5.74, 6) is 0.970. The molecule has 4 rings (SSSR count). The van der Waals surface area contributed by atoms with Crippen molar-refractivity contribution in [3.8, 4) is 11.1 Å². The van der Waals surface area contributed by atoms with E-state index in [2.05, 4.69) is 15.2 Å². The minimum Gasteiger partial charge on any atom is -0.340 e. The van der Waals surface area contributed by atoms with Gasteiger partial charge in [-0.05, 0) is 30.5 Å². The molecule has 3 aromatic rings. The summed E-state index contributed by atoms with van der Waals surface area (Å²) in [5.41, 5.74) is 2.92. The van der Waals surface area contributed by atoms with Crippen LogP contribution in [0.1, 0.15) is 37.2 Å². The summed E-state index contributed by atoms with van der Waals surface area (Å²) >= 11 is 0. The molecule has 1 aromatic carbocycles. The van der Waals surface area contributed by atoms with Crippen LogP contribution in [-0.4, -0.2) is 43.6 Å². The molecule has 1 aliphatic rings. The molecule has 146 valence electrons. The van der Waals surface area contributed by atoms with Gasteiger partial charge in [0.15, 0.2) is 0 Å². The summed E-state index contributed by atoms with van der Waals surface area (Å²) in [5, 5.41) is 7.33. The first-order valence-electron chi connectivity index (χ1n) is 9.72. The molecule has 0 saturated carbocycles. The quantitative estimate of drug-likeness (QED) is 0.737. The van der Waals surface area contributed by atoms with Crippen molar-refractivity contribution in [1.29, 1.82) is 0 Å². The molecule has 1 atom stereocenters. The molecule has 0 radical (unpaired) electrons. The maximum absolute atomic E-state index is 13.3. The second-order valence-electron chi connectivity index (χ2n) is 7.21. The minimum atomic E-state index is -0.255. The van der Waals surface area contributed by atoms with Gasteiger partial charge in [0.25, 0.3) is 0 Å². The molecular weight excluding hydrogens is 357 g/mol. The van der Waals surface area contributed by atoms with E-state index in [-0.39, 0.29) is 17.6 Å². The fourth-order valence-electron chi connectivity index (χ4n) is 3.95. The fourth-order valence-corrected chi connectivity index (χ4v) is 3.95. The lowest BCUT2D eigenvalue weighted by atomic mass is 9.90. The van der Waals surface area contributed by atoms with E-state index in [1.54, 1.807) is 24.5 Å². The topological polar surface area (TPSA) is 66.8 Å². The number of hydrogen-bond donors (Lipinski definition) is 1.